The number of azo groups is 1. The van der Waals surface area contributed by atoms with Gasteiger partial charge in [-0.3, -0.25) is 0 Å². The molecule has 2 rings (SSSR count). The van der Waals surface area contributed by atoms with Gasteiger partial charge in [0.25, 0.3) is 0 Å². The highest BCUT2D eigenvalue weighted by Gasteiger charge is 2.08. The average molecular weight is 268 g/mol. The van der Waals surface area contributed by atoms with Crippen molar-refractivity contribution in [1.29, 1.82) is 0 Å². The zero-order valence-corrected chi connectivity index (χ0v) is 11.1. The first-order valence-corrected chi connectivity index (χ1v) is 6.28. The average Bonchev–Trinajstić information content (AvgIpc) is 2.73. The molecule has 0 saturated heterocycles. The Hall–Kier alpha value is -1.46. The summed E-state index contributed by atoms with van der Waals surface area (Å²) in [5.41, 5.74) is 1.62. The van der Waals surface area contributed by atoms with Crippen molar-refractivity contribution < 1.29 is 4.57 Å². The normalized spacial score (nSPS) is 11.0. The van der Waals surface area contributed by atoms with Crippen molar-refractivity contribution >= 4 is 39.4 Å². The number of benzene rings is 1. The number of hydrogen-bond acceptors (Lipinski definition) is 4. The predicted molar refractivity (Wildman–Crippen MR) is 70.7 cm³/mol. The summed E-state index contributed by atoms with van der Waals surface area (Å²) in [4.78, 5) is 0. The fraction of sp³-hybridized carbons (Fsp3) is 0.182. The number of rotatable bonds is 3. The molecule has 0 atom stereocenters. The van der Waals surface area contributed by atoms with Crippen molar-refractivity contribution in [1.82, 2.24) is 0 Å². The number of thiazole rings is 1. The van der Waals surface area contributed by atoms with Gasteiger partial charge >= 0.3 is 5.13 Å². The molecule has 0 radical (unpaired) electrons. The molecule has 0 fully saturated rings. The number of anilines is 1. The van der Waals surface area contributed by atoms with E-state index in [9.17, 15) is 0 Å². The Morgan fingerprint density at radius 1 is 1.35 bits per heavy atom. The molecule has 0 bridgehead atoms. The van der Waals surface area contributed by atoms with Gasteiger partial charge in [-0.1, -0.05) is 11.6 Å². The van der Waals surface area contributed by atoms with Crippen molar-refractivity contribution in [2.45, 2.75) is 0 Å². The minimum absolute atomic E-state index is 0.583. The van der Waals surface area contributed by atoms with Crippen LogP contribution >= 0.6 is 22.9 Å². The maximum absolute atomic E-state index is 6.09. The number of halogens is 1. The first-order chi connectivity index (χ1) is 8.20. The lowest BCUT2D eigenvalue weighted by molar-refractivity contribution is -0.654. The predicted octanol–water partition coefficient (Wildman–Crippen LogP) is 3.68. The van der Waals surface area contributed by atoms with Crippen LogP contribution in [0.2, 0.25) is 5.02 Å². The molecule has 17 heavy (non-hydrogen) atoms. The summed E-state index contributed by atoms with van der Waals surface area (Å²) in [6.45, 7) is 0. The molecular formula is C11H12ClN4S+. The molecule has 0 aliphatic rings. The van der Waals surface area contributed by atoms with E-state index in [-0.39, 0.29) is 0 Å². The molecule has 0 amide bonds. The second-order valence-electron chi connectivity index (χ2n) is 3.41. The van der Waals surface area contributed by atoms with Gasteiger partial charge in [0.15, 0.2) is 0 Å². The molecule has 88 valence electrons. The van der Waals surface area contributed by atoms with E-state index < -0.39 is 0 Å². The van der Waals surface area contributed by atoms with Crippen LogP contribution in [0.15, 0.2) is 40.0 Å². The van der Waals surface area contributed by atoms with Crippen molar-refractivity contribution in [3.05, 3.63) is 34.8 Å². The molecule has 0 aliphatic carbocycles. The fourth-order valence-corrected chi connectivity index (χ4v) is 2.16. The van der Waals surface area contributed by atoms with E-state index in [1.54, 1.807) is 0 Å². The molecule has 4 nitrogen and oxygen atoms in total. The van der Waals surface area contributed by atoms with E-state index >= 15 is 0 Å². The Bertz CT molecular complexity index is 550. The third-order valence-corrected chi connectivity index (χ3v) is 3.38. The van der Waals surface area contributed by atoms with Crippen molar-refractivity contribution in [3.8, 4) is 0 Å². The Kier molecular flexibility index (Phi) is 3.71. The van der Waals surface area contributed by atoms with Gasteiger partial charge in [0, 0.05) is 18.1 Å². The third-order valence-electron chi connectivity index (χ3n) is 2.24. The van der Waals surface area contributed by atoms with Gasteiger partial charge < -0.3 is 5.32 Å². The van der Waals surface area contributed by atoms with Gasteiger partial charge in [-0.05, 0) is 34.7 Å². The van der Waals surface area contributed by atoms with Gasteiger partial charge in [0.05, 0.1) is 17.2 Å². The number of nitrogens with zero attached hydrogens (tertiary/aromatic N) is 3. The van der Waals surface area contributed by atoms with Crippen LogP contribution < -0.4 is 9.88 Å². The Balaban J connectivity index is 2.25. The topological polar surface area (TPSA) is 40.6 Å². The van der Waals surface area contributed by atoms with Crippen LogP contribution in [0, 0.1) is 0 Å². The van der Waals surface area contributed by atoms with Crippen molar-refractivity contribution in [2.24, 2.45) is 17.3 Å². The van der Waals surface area contributed by atoms with Crippen molar-refractivity contribution in [2.75, 3.05) is 12.4 Å². The summed E-state index contributed by atoms with van der Waals surface area (Å²) in [7, 11) is 3.77. The summed E-state index contributed by atoms with van der Waals surface area (Å²) in [6, 6.07) is 5.57. The van der Waals surface area contributed by atoms with Crippen LogP contribution in [0.25, 0.3) is 0 Å². The van der Waals surface area contributed by atoms with Gasteiger partial charge in [-0.2, -0.15) is 0 Å². The van der Waals surface area contributed by atoms with Gasteiger partial charge in [0.2, 0.25) is 0 Å². The summed E-state index contributed by atoms with van der Waals surface area (Å²) in [5, 5.41) is 14.7. The number of aromatic nitrogens is 1. The first kappa shape index (κ1) is 12.0. The summed E-state index contributed by atoms with van der Waals surface area (Å²) < 4.78 is 1.91. The van der Waals surface area contributed by atoms with Crippen LogP contribution in [0.4, 0.5) is 16.5 Å². The Morgan fingerprint density at radius 3 is 2.76 bits per heavy atom. The van der Waals surface area contributed by atoms with Crippen LogP contribution in [-0.2, 0) is 7.05 Å². The monoisotopic (exact) mass is 267 g/mol. The summed E-state index contributed by atoms with van der Waals surface area (Å²) in [6.07, 6.45) is 1.94. The molecule has 1 aromatic carbocycles. The van der Waals surface area contributed by atoms with E-state index in [1.165, 1.54) is 11.3 Å². The van der Waals surface area contributed by atoms with E-state index in [0.29, 0.717) is 10.7 Å². The highest BCUT2D eigenvalue weighted by molar-refractivity contribution is 7.12. The number of nitrogens with one attached hydrogen (secondary N) is 1. The molecule has 1 heterocycles. The highest BCUT2D eigenvalue weighted by atomic mass is 35.5. The molecule has 1 N–H and O–H groups in total. The summed E-state index contributed by atoms with van der Waals surface area (Å²) >= 11 is 7.62. The van der Waals surface area contributed by atoms with Crippen molar-refractivity contribution in [3.63, 3.8) is 0 Å². The molecule has 0 unspecified atom stereocenters. The first-order valence-electron chi connectivity index (χ1n) is 5.03. The second kappa shape index (κ2) is 5.25. The fourth-order valence-electron chi connectivity index (χ4n) is 1.26. The van der Waals surface area contributed by atoms with Crippen LogP contribution in [0.1, 0.15) is 0 Å². The van der Waals surface area contributed by atoms with E-state index in [4.69, 9.17) is 11.6 Å². The molecule has 0 spiro atoms. The Morgan fingerprint density at radius 2 is 2.18 bits per heavy atom. The lowest BCUT2D eigenvalue weighted by atomic mass is 10.3. The zero-order chi connectivity index (χ0) is 12.3. The van der Waals surface area contributed by atoms with Gasteiger partial charge in [-0.15, -0.1) is 0 Å². The van der Waals surface area contributed by atoms with E-state index in [0.717, 1.165) is 10.8 Å². The summed E-state index contributed by atoms with van der Waals surface area (Å²) in [5.74, 6) is 0. The smallest absolute Gasteiger partial charge is 0.388 e. The maximum atomic E-state index is 6.09. The molecule has 2 aromatic rings. The largest absolute Gasteiger partial charge is 0.408 e. The minimum Gasteiger partial charge on any atom is -0.388 e. The lowest BCUT2D eigenvalue weighted by Crippen LogP contribution is -2.23. The zero-order valence-electron chi connectivity index (χ0n) is 9.51. The lowest BCUT2D eigenvalue weighted by Gasteiger charge is -2.00. The quantitative estimate of drug-likeness (QED) is 0.669. The standard InChI is InChI=1S/C11H11ClN4S/c1-13-8-3-4-10(9(12)7-8)14-15-11-16(2)5-6-17-11/h3-7H,1-2H3/p+1. The molecule has 0 saturated carbocycles. The minimum atomic E-state index is 0.583. The second-order valence-corrected chi connectivity index (χ2v) is 4.69. The maximum Gasteiger partial charge on any atom is 0.408 e. The molecule has 0 aliphatic heterocycles. The third kappa shape index (κ3) is 2.81. The van der Waals surface area contributed by atoms with E-state index in [2.05, 4.69) is 15.5 Å². The molecule has 6 heteroatoms. The Labute approximate surface area is 109 Å². The van der Waals surface area contributed by atoms with Gasteiger partial charge in [-0.25, -0.2) is 4.57 Å². The van der Waals surface area contributed by atoms with Gasteiger partial charge in [0.1, 0.15) is 11.9 Å². The number of hydrogen-bond donors (Lipinski definition) is 1. The molecular weight excluding hydrogens is 256 g/mol. The SMILES string of the molecule is CNc1ccc(N=Nc2scc[n+]2C)c(Cl)c1. The van der Waals surface area contributed by atoms with Crippen LogP contribution in [-0.4, -0.2) is 7.05 Å². The van der Waals surface area contributed by atoms with Crippen LogP contribution in [0.5, 0.6) is 0 Å². The number of aryl methyl sites for hydroxylation is 1. The highest BCUT2D eigenvalue weighted by Crippen LogP contribution is 2.29. The van der Waals surface area contributed by atoms with E-state index in [1.807, 2.05) is 48.4 Å². The molecule has 1 aromatic heterocycles. The van der Waals surface area contributed by atoms with Crippen LogP contribution in [0.3, 0.4) is 0 Å².